The van der Waals surface area contributed by atoms with E-state index in [1.165, 1.54) is 12.3 Å². The second kappa shape index (κ2) is 7.75. The largest absolute Gasteiger partial charge is 0.472 e. The molecule has 0 saturated carbocycles. The number of hydrogen-bond acceptors (Lipinski definition) is 4. The number of likely N-dealkylation sites (tertiary alicyclic amines) is 1. The molecule has 3 rings (SSSR count). The molecule has 5 nitrogen and oxygen atoms in total. The Labute approximate surface area is 145 Å². The standard InChI is InChI=1S/C19H18FN3O2/c20-17-6-2-1-4-15(17)11-19(24)23-9-3-5-16(13-23)25-18-10-14(12-21)7-8-22-18/h1-2,4,6-8,10,16H,3,5,9,11,13H2/t16-/m0/s1. The smallest absolute Gasteiger partial charge is 0.227 e. The first-order chi connectivity index (χ1) is 12.2. The van der Waals surface area contributed by atoms with Crippen LogP contribution in [0.2, 0.25) is 0 Å². The van der Waals surface area contributed by atoms with E-state index in [2.05, 4.69) is 4.98 Å². The second-order valence-corrected chi connectivity index (χ2v) is 5.98. The van der Waals surface area contributed by atoms with Crippen LogP contribution in [-0.4, -0.2) is 35.0 Å². The Morgan fingerprint density at radius 3 is 3.04 bits per heavy atom. The van der Waals surface area contributed by atoms with Crippen molar-refractivity contribution in [1.82, 2.24) is 9.88 Å². The summed E-state index contributed by atoms with van der Waals surface area (Å²) in [4.78, 5) is 18.3. The fraction of sp³-hybridized carbons (Fsp3) is 0.316. The summed E-state index contributed by atoms with van der Waals surface area (Å²) in [6.45, 7) is 1.07. The van der Waals surface area contributed by atoms with E-state index in [0.717, 1.165) is 12.8 Å². The Hall–Kier alpha value is -2.94. The van der Waals surface area contributed by atoms with Crippen LogP contribution in [0.25, 0.3) is 0 Å². The summed E-state index contributed by atoms with van der Waals surface area (Å²) >= 11 is 0. The van der Waals surface area contributed by atoms with E-state index in [9.17, 15) is 9.18 Å². The molecule has 1 aromatic heterocycles. The summed E-state index contributed by atoms with van der Waals surface area (Å²) in [5.74, 6) is -0.0947. The van der Waals surface area contributed by atoms with Gasteiger partial charge in [0.05, 0.1) is 24.6 Å². The fourth-order valence-corrected chi connectivity index (χ4v) is 2.89. The normalized spacial score (nSPS) is 17.0. The maximum Gasteiger partial charge on any atom is 0.227 e. The summed E-state index contributed by atoms with van der Waals surface area (Å²) in [6, 6.07) is 11.6. The second-order valence-electron chi connectivity index (χ2n) is 5.98. The van der Waals surface area contributed by atoms with Gasteiger partial charge in [-0.2, -0.15) is 5.26 Å². The monoisotopic (exact) mass is 339 g/mol. The number of amides is 1. The van der Waals surface area contributed by atoms with Crippen LogP contribution in [0.15, 0.2) is 42.6 Å². The van der Waals surface area contributed by atoms with Gasteiger partial charge in [0.2, 0.25) is 11.8 Å². The molecule has 6 heteroatoms. The predicted octanol–water partition coefficient (Wildman–Crippen LogP) is 2.70. The maximum absolute atomic E-state index is 13.7. The first-order valence-corrected chi connectivity index (χ1v) is 8.19. The Balaban J connectivity index is 1.61. The first kappa shape index (κ1) is 16.9. The van der Waals surface area contributed by atoms with Crippen LogP contribution in [0.5, 0.6) is 5.88 Å². The lowest BCUT2D eigenvalue weighted by Gasteiger charge is -2.32. The lowest BCUT2D eigenvalue weighted by Crippen LogP contribution is -2.45. The topological polar surface area (TPSA) is 66.2 Å². The lowest BCUT2D eigenvalue weighted by atomic mass is 10.1. The van der Waals surface area contributed by atoms with Crippen LogP contribution in [-0.2, 0) is 11.2 Å². The lowest BCUT2D eigenvalue weighted by molar-refractivity contribution is -0.133. The van der Waals surface area contributed by atoms with Crippen molar-refractivity contribution in [3.63, 3.8) is 0 Å². The molecular formula is C19H18FN3O2. The fourth-order valence-electron chi connectivity index (χ4n) is 2.89. The summed E-state index contributed by atoms with van der Waals surface area (Å²) in [5.41, 5.74) is 0.882. The number of ether oxygens (including phenoxy) is 1. The molecule has 0 aliphatic carbocycles. The van der Waals surface area contributed by atoms with Crippen molar-refractivity contribution in [2.24, 2.45) is 0 Å². The van der Waals surface area contributed by atoms with E-state index in [4.69, 9.17) is 10.00 Å². The van der Waals surface area contributed by atoms with E-state index >= 15 is 0 Å². The number of aromatic nitrogens is 1. The molecule has 1 atom stereocenters. The molecule has 2 heterocycles. The molecule has 128 valence electrons. The quantitative estimate of drug-likeness (QED) is 0.859. The van der Waals surface area contributed by atoms with E-state index < -0.39 is 0 Å². The molecule has 0 radical (unpaired) electrons. The number of carbonyl (C=O) groups excluding carboxylic acids is 1. The van der Waals surface area contributed by atoms with Gasteiger partial charge in [0.1, 0.15) is 11.9 Å². The minimum absolute atomic E-state index is 0.0432. The molecule has 1 fully saturated rings. The molecule has 0 unspecified atom stereocenters. The number of nitriles is 1. The Kier molecular flexibility index (Phi) is 5.24. The number of piperidine rings is 1. The summed E-state index contributed by atoms with van der Waals surface area (Å²) in [7, 11) is 0. The van der Waals surface area contributed by atoms with Gasteiger partial charge in [0, 0.05) is 18.8 Å². The van der Waals surface area contributed by atoms with Crippen molar-refractivity contribution < 1.29 is 13.9 Å². The van der Waals surface area contributed by atoms with Crippen molar-refractivity contribution in [1.29, 1.82) is 5.26 Å². The van der Waals surface area contributed by atoms with Crippen molar-refractivity contribution >= 4 is 5.91 Å². The van der Waals surface area contributed by atoms with Gasteiger partial charge in [-0.15, -0.1) is 0 Å². The number of nitrogens with zero attached hydrogens (tertiary/aromatic N) is 3. The molecular weight excluding hydrogens is 321 g/mol. The zero-order valence-corrected chi connectivity index (χ0v) is 13.7. The SMILES string of the molecule is N#Cc1ccnc(O[C@H]2CCCN(C(=O)Cc3ccccc3F)C2)c1. The van der Waals surface area contributed by atoms with E-state index in [1.54, 1.807) is 35.2 Å². The predicted molar refractivity (Wildman–Crippen MR) is 89.3 cm³/mol. The van der Waals surface area contributed by atoms with Gasteiger partial charge in [0.15, 0.2) is 0 Å². The molecule has 1 aliphatic rings. The third kappa shape index (κ3) is 4.32. The van der Waals surface area contributed by atoms with Crippen molar-refractivity contribution in [3.8, 4) is 11.9 Å². The average molecular weight is 339 g/mol. The Morgan fingerprint density at radius 2 is 2.24 bits per heavy atom. The number of pyridine rings is 1. The summed E-state index contributed by atoms with van der Waals surface area (Å²) in [6.07, 6.45) is 3.01. The first-order valence-electron chi connectivity index (χ1n) is 8.19. The minimum Gasteiger partial charge on any atom is -0.472 e. The number of rotatable bonds is 4. The number of hydrogen-bond donors (Lipinski definition) is 0. The zero-order chi connectivity index (χ0) is 17.6. The number of carbonyl (C=O) groups is 1. The molecule has 1 saturated heterocycles. The highest BCUT2D eigenvalue weighted by Gasteiger charge is 2.25. The third-order valence-corrected chi connectivity index (χ3v) is 4.18. The van der Waals surface area contributed by atoms with Crippen molar-refractivity contribution in [2.75, 3.05) is 13.1 Å². The van der Waals surface area contributed by atoms with Crippen LogP contribution >= 0.6 is 0 Å². The van der Waals surface area contributed by atoms with Crippen LogP contribution in [0.4, 0.5) is 4.39 Å². The highest BCUT2D eigenvalue weighted by molar-refractivity contribution is 5.79. The van der Waals surface area contributed by atoms with Gasteiger partial charge in [-0.3, -0.25) is 4.79 Å². The van der Waals surface area contributed by atoms with Crippen LogP contribution in [0.3, 0.4) is 0 Å². The average Bonchev–Trinajstić information content (AvgIpc) is 2.64. The molecule has 1 aromatic carbocycles. The van der Waals surface area contributed by atoms with Gasteiger partial charge in [-0.25, -0.2) is 9.37 Å². The molecule has 0 N–H and O–H groups in total. The third-order valence-electron chi connectivity index (χ3n) is 4.18. The summed E-state index contributed by atoms with van der Waals surface area (Å²) < 4.78 is 19.5. The molecule has 25 heavy (non-hydrogen) atoms. The highest BCUT2D eigenvalue weighted by atomic mass is 19.1. The zero-order valence-electron chi connectivity index (χ0n) is 13.7. The summed E-state index contributed by atoms with van der Waals surface area (Å²) in [5, 5.41) is 8.93. The van der Waals surface area contributed by atoms with Gasteiger partial charge in [-0.05, 0) is 30.5 Å². The number of halogens is 1. The molecule has 0 spiro atoms. The maximum atomic E-state index is 13.7. The van der Waals surface area contributed by atoms with Crippen LogP contribution in [0, 0.1) is 17.1 Å². The van der Waals surface area contributed by atoms with Gasteiger partial charge in [-0.1, -0.05) is 18.2 Å². The van der Waals surface area contributed by atoms with Gasteiger partial charge >= 0.3 is 0 Å². The Bertz CT molecular complexity index is 803. The van der Waals surface area contributed by atoms with E-state index in [0.29, 0.717) is 30.1 Å². The Morgan fingerprint density at radius 1 is 1.40 bits per heavy atom. The molecule has 2 aromatic rings. The van der Waals surface area contributed by atoms with Gasteiger partial charge < -0.3 is 9.64 Å². The molecule has 1 aliphatic heterocycles. The van der Waals surface area contributed by atoms with E-state index in [1.807, 2.05) is 6.07 Å². The van der Waals surface area contributed by atoms with Gasteiger partial charge in [0.25, 0.3) is 0 Å². The van der Waals surface area contributed by atoms with Crippen LogP contribution in [0.1, 0.15) is 24.0 Å². The number of benzene rings is 1. The van der Waals surface area contributed by atoms with Crippen molar-refractivity contribution in [3.05, 3.63) is 59.5 Å². The van der Waals surface area contributed by atoms with Crippen LogP contribution < -0.4 is 4.74 Å². The van der Waals surface area contributed by atoms with E-state index in [-0.39, 0.29) is 24.2 Å². The molecule has 0 bridgehead atoms. The molecule has 1 amide bonds. The highest BCUT2D eigenvalue weighted by Crippen LogP contribution is 2.19. The van der Waals surface area contributed by atoms with Crippen molar-refractivity contribution in [2.45, 2.75) is 25.4 Å². The minimum atomic E-state index is -0.363.